The van der Waals surface area contributed by atoms with Crippen LogP contribution in [0.1, 0.15) is 16.7 Å². The minimum absolute atomic E-state index is 0.699. The van der Waals surface area contributed by atoms with Crippen molar-refractivity contribution in [3.05, 3.63) is 45.6 Å². The topological polar surface area (TPSA) is 42.2 Å². The smallest absolute Gasteiger partial charge is 0.147 e. The quantitative estimate of drug-likeness (QED) is 0.905. The van der Waals surface area contributed by atoms with Crippen LogP contribution in [0.3, 0.4) is 0 Å². The monoisotopic (exact) mass is 319 g/mol. The Morgan fingerprint density at radius 3 is 2.26 bits per heavy atom. The summed E-state index contributed by atoms with van der Waals surface area (Å²) in [5, 5.41) is 0. The van der Waals surface area contributed by atoms with E-state index in [0.29, 0.717) is 5.69 Å². The van der Waals surface area contributed by atoms with Crippen molar-refractivity contribution in [1.29, 1.82) is 0 Å². The minimum Gasteiger partial charge on any atom is -0.397 e. The van der Waals surface area contributed by atoms with E-state index in [1.54, 1.807) is 6.20 Å². The first-order valence-electron chi connectivity index (χ1n) is 6.12. The van der Waals surface area contributed by atoms with Crippen molar-refractivity contribution in [2.45, 2.75) is 20.8 Å². The Kier molecular flexibility index (Phi) is 3.80. The van der Waals surface area contributed by atoms with Crippen LogP contribution in [0.2, 0.25) is 0 Å². The first kappa shape index (κ1) is 13.9. The van der Waals surface area contributed by atoms with Crippen molar-refractivity contribution in [3.8, 4) is 0 Å². The molecule has 0 fully saturated rings. The number of nitrogens with two attached hydrogens (primary N) is 1. The number of rotatable bonds is 2. The predicted molar refractivity (Wildman–Crippen MR) is 85.1 cm³/mol. The lowest BCUT2D eigenvalue weighted by molar-refractivity contribution is 1.10. The molecule has 2 rings (SSSR count). The van der Waals surface area contributed by atoms with Gasteiger partial charge in [-0.15, -0.1) is 0 Å². The van der Waals surface area contributed by atoms with E-state index < -0.39 is 0 Å². The summed E-state index contributed by atoms with van der Waals surface area (Å²) in [5.74, 6) is 0.872. The van der Waals surface area contributed by atoms with Gasteiger partial charge in [-0.2, -0.15) is 0 Å². The minimum atomic E-state index is 0.699. The summed E-state index contributed by atoms with van der Waals surface area (Å²) >= 11 is 3.58. The lowest BCUT2D eigenvalue weighted by Gasteiger charge is -2.22. The molecule has 1 aromatic heterocycles. The standard InChI is InChI=1S/C15H18BrN3/c1-9-5-10(2)7-12(6-9)19(4)15-14(16)11(3)13(17)8-18-15/h5-8H,17H2,1-4H3. The fourth-order valence-corrected chi connectivity index (χ4v) is 2.68. The second-order valence-corrected chi connectivity index (χ2v) is 5.67. The maximum atomic E-state index is 5.87. The molecule has 100 valence electrons. The first-order chi connectivity index (χ1) is 8.90. The molecule has 0 bridgehead atoms. The number of hydrogen-bond donors (Lipinski definition) is 1. The van der Waals surface area contributed by atoms with Crippen molar-refractivity contribution in [1.82, 2.24) is 4.98 Å². The number of anilines is 3. The Bertz CT molecular complexity index is 603. The predicted octanol–water partition coefficient (Wildman–Crippen LogP) is 4.12. The van der Waals surface area contributed by atoms with Gasteiger partial charge in [0.05, 0.1) is 16.4 Å². The zero-order chi connectivity index (χ0) is 14.2. The summed E-state index contributed by atoms with van der Waals surface area (Å²) in [7, 11) is 2.01. The Labute approximate surface area is 122 Å². The molecule has 3 nitrogen and oxygen atoms in total. The molecule has 1 aromatic carbocycles. The molecule has 0 unspecified atom stereocenters. The number of nitrogen functional groups attached to an aromatic ring is 1. The Morgan fingerprint density at radius 1 is 1.11 bits per heavy atom. The molecule has 4 heteroatoms. The number of halogens is 1. The number of aryl methyl sites for hydroxylation is 2. The van der Waals surface area contributed by atoms with Crippen LogP contribution in [0.25, 0.3) is 0 Å². The van der Waals surface area contributed by atoms with Gasteiger partial charge < -0.3 is 10.6 Å². The average molecular weight is 320 g/mol. The molecule has 1 heterocycles. The molecule has 0 atom stereocenters. The molecule has 0 aliphatic rings. The highest BCUT2D eigenvalue weighted by molar-refractivity contribution is 9.10. The molecule has 0 spiro atoms. The second-order valence-electron chi connectivity index (χ2n) is 4.88. The van der Waals surface area contributed by atoms with E-state index in [1.165, 1.54) is 11.1 Å². The molecule has 0 amide bonds. The summed E-state index contributed by atoms with van der Waals surface area (Å²) < 4.78 is 0.939. The molecule has 0 saturated heterocycles. The summed E-state index contributed by atoms with van der Waals surface area (Å²) in [4.78, 5) is 6.49. The lowest BCUT2D eigenvalue weighted by Crippen LogP contribution is -2.13. The van der Waals surface area contributed by atoms with E-state index in [2.05, 4.69) is 57.9 Å². The van der Waals surface area contributed by atoms with Gasteiger partial charge in [-0.25, -0.2) is 4.98 Å². The van der Waals surface area contributed by atoms with Crippen molar-refractivity contribution in [3.63, 3.8) is 0 Å². The number of hydrogen-bond acceptors (Lipinski definition) is 3. The zero-order valence-electron chi connectivity index (χ0n) is 11.7. The molecule has 0 aliphatic heterocycles. The van der Waals surface area contributed by atoms with Crippen LogP contribution in [0.4, 0.5) is 17.2 Å². The van der Waals surface area contributed by atoms with Gasteiger partial charge in [-0.3, -0.25) is 0 Å². The van der Waals surface area contributed by atoms with Crippen LogP contribution in [0, 0.1) is 20.8 Å². The summed E-state index contributed by atoms with van der Waals surface area (Å²) in [6.45, 7) is 6.18. The third kappa shape index (κ3) is 2.73. The fraction of sp³-hybridized carbons (Fsp3) is 0.267. The molecular formula is C15H18BrN3. The highest BCUT2D eigenvalue weighted by Gasteiger charge is 2.13. The average Bonchev–Trinajstić information content (AvgIpc) is 2.34. The van der Waals surface area contributed by atoms with Crippen LogP contribution in [-0.4, -0.2) is 12.0 Å². The molecular weight excluding hydrogens is 302 g/mol. The molecule has 0 saturated carbocycles. The molecule has 0 aliphatic carbocycles. The van der Waals surface area contributed by atoms with E-state index in [4.69, 9.17) is 5.73 Å². The van der Waals surface area contributed by atoms with Crippen molar-refractivity contribution >= 4 is 33.1 Å². The first-order valence-corrected chi connectivity index (χ1v) is 6.92. The summed E-state index contributed by atoms with van der Waals surface area (Å²) in [6, 6.07) is 6.45. The van der Waals surface area contributed by atoms with Crippen molar-refractivity contribution < 1.29 is 0 Å². The Hall–Kier alpha value is -1.55. The SMILES string of the molecule is Cc1cc(C)cc(N(C)c2ncc(N)c(C)c2Br)c1. The maximum Gasteiger partial charge on any atom is 0.147 e. The summed E-state index contributed by atoms with van der Waals surface area (Å²) in [5.41, 5.74) is 11.2. The number of benzene rings is 1. The third-order valence-electron chi connectivity index (χ3n) is 3.20. The highest BCUT2D eigenvalue weighted by atomic mass is 79.9. The van der Waals surface area contributed by atoms with Gasteiger partial charge in [-0.05, 0) is 65.5 Å². The van der Waals surface area contributed by atoms with Crippen molar-refractivity contribution in [2.75, 3.05) is 17.7 Å². The second kappa shape index (κ2) is 5.21. The molecule has 19 heavy (non-hydrogen) atoms. The van der Waals surface area contributed by atoms with Crippen LogP contribution in [0.15, 0.2) is 28.9 Å². The van der Waals surface area contributed by atoms with Crippen LogP contribution in [0.5, 0.6) is 0 Å². The van der Waals surface area contributed by atoms with Gasteiger partial charge in [0.25, 0.3) is 0 Å². The van der Waals surface area contributed by atoms with E-state index in [-0.39, 0.29) is 0 Å². The molecule has 2 N–H and O–H groups in total. The normalized spacial score (nSPS) is 10.6. The van der Waals surface area contributed by atoms with E-state index in [0.717, 1.165) is 21.5 Å². The highest BCUT2D eigenvalue weighted by Crippen LogP contribution is 2.33. The van der Waals surface area contributed by atoms with Crippen LogP contribution < -0.4 is 10.6 Å². The van der Waals surface area contributed by atoms with Gasteiger partial charge in [0.1, 0.15) is 5.82 Å². The third-order valence-corrected chi connectivity index (χ3v) is 4.15. The van der Waals surface area contributed by atoms with Gasteiger partial charge >= 0.3 is 0 Å². The van der Waals surface area contributed by atoms with Crippen molar-refractivity contribution in [2.24, 2.45) is 0 Å². The van der Waals surface area contributed by atoms with Gasteiger partial charge in [0.2, 0.25) is 0 Å². The lowest BCUT2D eigenvalue weighted by atomic mass is 10.1. The Morgan fingerprint density at radius 2 is 1.68 bits per heavy atom. The number of nitrogens with zero attached hydrogens (tertiary/aromatic N) is 2. The van der Waals surface area contributed by atoms with Crippen LogP contribution >= 0.6 is 15.9 Å². The van der Waals surface area contributed by atoms with Crippen LogP contribution in [-0.2, 0) is 0 Å². The molecule has 2 aromatic rings. The van der Waals surface area contributed by atoms with Gasteiger partial charge in [0.15, 0.2) is 0 Å². The van der Waals surface area contributed by atoms with E-state index in [1.807, 2.05) is 14.0 Å². The number of aromatic nitrogens is 1. The van der Waals surface area contributed by atoms with E-state index in [9.17, 15) is 0 Å². The maximum absolute atomic E-state index is 5.87. The largest absolute Gasteiger partial charge is 0.397 e. The fourth-order valence-electron chi connectivity index (χ4n) is 2.08. The zero-order valence-corrected chi connectivity index (χ0v) is 13.2. The van der Waals surface area contributed by atoms with Gasteiger partial charge in [0, 0.05) is 12.7 Å². The number of pyridine rings is 1. The summed E-state index contributed by atoms with van der Waals surface area (Å²) in [6.07, 6.45) is 1.70. The van der Waals surface area contributed by atoms with Gasteiger partial charge in [-0.1, -0.05) is 6.07 Å². The Balaban J connectivity index is 2.50. The molecule has 0 radical (unpaired) electrons. The van der Waals surface area contributed by atoms with E-state index >= 15 is 0 Å².